The molecule has 0 saturated heterocycles. The Morgan fingerprint density at radius 1 is 1.21 bits per heavy atom. The molecule has 29 heavy (non-hydrogen) atoms. The van der Waals surface area contributed by atoms with Crippen molar-refractivity contribution in [3.8, 4) is 0 Å². The third-order valence-electron chi connectivity index (χ3n) is 5.34. The molecule has 7 heteroatoms. The summed E-state index contributed by atoms with van der Waals surface area (Å²) in [7, 11) is 0. The monoisotopic (exact) mass is 420 g/mol. The maximum atomic E-state index is 12.1. The van der Waals surface area contributed by atoms with Crippen molar-refractivity contribution >= 4 is 23.4 Å². The number of carboxylic acid groups (broad SMARTS) is 1. The number of hydrogen-bond donors (Lipinski definition) is 2. The van der Waals surface area contributed by atoms with Crippen molar-refractivity contribution in [3.05, 3.63) is 59.0 Å². The molecule has 0 aliphatic heterocycles. The summed E-state index contributed by atoms with van der Waals surface area (Å²) in [6.45, 7) is 4.14. The molecule has 0 amide bonds. The van der Waals surface area contributed by atoms with Gasteiger partial charge in [0.25, 0.3) is 0 Å². The summed E-state index contributed by atoms with van der Waals surface area (Å²) in [6.07, 6.45) is -0.142. The highest BCUT2D eigenvalue weighted by Gasteiger charge is 2.42. The van der Waals surface area contributed by atoms with E-state index in [0.717, 1.165) is 5.56 Å². The van der Waals surface area contributed by atoms with Crippen LogP contribution in [0.1, 0.15) is 58.4 Å². The van der Waals surface area contributed by atoms with Crippen molar-refractivity contribution in [3.63, 3.8) is 0 Å². The first-order valence-corrected chi connectivity index (χ1v) is 10.1. The lowest BCUT2D eigenvalue weighted by Gasteiger charge is -2.24. The van der Waals surface area contributed by atoms with Crippen LogP contribution in [0.15, 0.2) is 40.8 Å². The lowest BCUT2D eigenvalue weighted by molar-refractivity contribution is 0.0577. The maximum Gasteiger partial charge on any atom is 0.371 e. The minimum atomic E-state index is -1.13. The van der Waals surface area contributed by atoms with Gasteiger partial charge >= 0.3 is 5.97 Å². The molecule has 1 aromatic heterocycles. The smallest absolute Gasteiger partial charge is 0.371 e. The normalized spacial score (nSPS) is 24.2. The van der Waals surface area contributed by atoms with Gasteiger partial charge in [-0.05, 0) is 24.1 Å². The molecule has 2 N–H and O–H groups in total. The van der Waals surface area contributed by atoms with Crippen LogP contribution in [-0.2, 0) is 11.3 Å². The van der Waals surface area contributed by atoms with Gasteiger partial charge in [0.1, 0.15) is 12.4 Å². The third kappa shape index (κ3) is 4.89. The summed E-state index contributed by atoms with van der Waals surface area (Å²) < 4.78 is 10.9. The Labute approximate surface area is 174 Å². The molecule has 2 unspecified atom stereocenters. The van der Waals surface area contributed by atoms with Crippen LogP contribution in [0.4, 0.5) is 0 Å². The highest BCUT2D eigenvalue weighted by molar-refractivity contribution is 6.21. The number of hydrogen-bond acceptors (Lipinski definition) is 5. The molecule has 1 heterocycles. The molecule has 1 aliphatic rings. The van der Waals surface area contributed by atoms with Crippen LogP contribution in [0, 0.1) is 11.8 Å². The predicted octanol–water partition coefficient (Wildman–Crippen LogP) is 4.11. The zero-order chi connectivity index (χ0) is 21.1. The number of ether oxygens (including phenoxy) is 1. The molecule has 1 aliphatic carbocycles. The van der Waals surface area contributed by atoms with Crippen LogP contribution in [0.25, 0.3) is 0 Å². The topological polar surface area (TPSA) is 97.0 Å². The van der Waals surface area contributed by atoms with E-state index in [0.29, 0.717) is 24.4 Å². The van der Waals surface area contributed by atoms with Crippen LogP contribution in [0.5, 0.6) is 0 Å². The average molecular weight is 421 g/mol. The summed E-state index contributed by atoms with van der Waals surface area (Å²) in [5.41, 5.74) is 1.57. The molecule has 0 spiro atoms. The van der Waals surface area contributed by atoms with E-state index >= 15 is 0 Å². The number of carbonyl (C=O) groups excluding carboxylic acids is 1. The van der Waals surface area contributed by atoms with Gasteiger partial charge in [-0.25, -0.2) is 4.79 Å². The SMILES string of the molecule is CC(C)C(=O)c1ccc(C2C(COCc3ccc(C(=O)O)o3)[C@H](Cl)C[C@H]2O)cc1. The Balaban J connectivity index is 1.67. The number of benzene rings is 1. The lowest BCUT2D eigenvalue weighted by Crippen LogP contribution is -2.23. The van der Waals surface area contributed by atoms with Crippen LogP contribution in [0.2, 0.25) is 0 Å². The molecule has 0 radical (unpaired) electrons. The number of Topliss-reactive ketones (excluding diaryl/α,β-unsaturated/α-hetero) is 1. The number of furan rings is 1. The number of carboxylic acids is 1. The zero-order valence-electron chi connectivity index (χ0n) is 16.4. The summed E-state index contributed by atoms with van der Waals surface area (Å²) >= 11 is 6.47. The number of aliphatic hydroxyl groups excluding tert-OH is 1. The lowest BCUT2D eigenvalue weighted by atomic mass is 9.87. The van der Waals surface area contributed by atoms with Gasteiger partial charge in [-0.1, -0.05) is 38.1 Å². The van der Waals surface area contributed by atoms with Crippen molar-refractivity contribution in [1.29, 1.82) is 0 Å². The van der Waals surface area contributed by atoms with Crippen molar-refractivity contribution in [2.45, 2.75) is 44.3 Å². The van der Waals surface area contributed by atoms with Crippen LogP contribution < -0.4 is 0 Å². The minimum Gasteiger partial charge on any atom is -0.475 e. The zero-order valence-corrected chi connectivity index (χ0v) is 17.1. The van der Waals surface area contributed by atoms with E-state index < -0.39 is 12.1 Å². The highest BCUT2D eigenvalue weighted by Crippen LogP contribution is 2.43. The minimum absolute atomic E-state index is 0.0745. The molecule has 1 aromatic carbocycles. The van der Waals surface area contributed by atoms with Crippen LogP contribution in [-0.4, -0.2) is 40.1 Å². The Morgan fingerprint density at radius 2 is 1.90 bits per heavy atom. The van der Waals surface area contributed by atoms with Crippen LogP contribution >= 0.6 is 11.6 Å². The number of halogens is 1. The quantitative estimate of drug-likeness (QED) is 0.492. The van der Waals surface area contributed by atoms with Crippen LogP contribution in [0.3, 0.4) is 0 Å². The molecule has 2 aromatic rings. The van der Waals surface area contributed by atoms with Gasteiger partial charge in [0.15, 0.2) is 5.78 Å². The maximum absolute atomic E-state index is 12.1. The number of aliphatic hydroxyl groups is 1. The van der Waals surface area contributed by atoms with Gasteiger partial charge in [0.2, 0.25) is 5.76 Å². The molecular weight excluding hydrogens is 396 g/mol. The highest BCUT2D eigenvalue weighted by atomic mass is 35.5. The molecule has 1 saturated carbocycles. The van der Waals surface area contributed by atoms with Crippen molar-refractivity contribution in [2.75, 3.05) is 6.61 Å². The number of rotatable bonds is 8. The van der Waals surface area contributed by atoms with Gasteiger partial charge in [0.05, 0.1) is 12.7 Å². The number of ketones is 1. The van der Waals surface area contributed by atoms with E-state index in [4.69, 9.17) is 25.9 Å². The molecule has 1 fully saturated rings. The Hall–Kier alpha value is -2.15. The van der Waals surface area contributed by atoms with Gasteiger partial charge in [-0.15, -0.1) is 11.6 Å². The van der Waals surface area contributed by atoms with Gasteiger partial charge < -0.3 is 19.4 Å². The largest absolute Gasteiger partial charge is 0.475 e. The Kier molecular flexibility index (Phi) is 6.77. The number of carbonyl (C=O) groups is 2. The van der Waals surface area contributed by atoms with Gasteiger partial charge in [0, 0.05) is 28.7 Å². The van der Waals surface area contributed by atoms with E-state index in [9.17, 15) is 14.7 Å². The second-order valence-corrected chi connectivity index (χ2v) is 8.30. The molecule has 4 atom stereocenters. The van der Waals surface area contributed by atoms with E-state index in [1.165, 1.54) is 6.07 Å². The van der Waals surface area contributed by atoms with E-state index in [1.54, 1.807) is 18.2 Å². The van der Waals surface area contributed by atoms with Crippen molar-refractivity contribution < 1.29 is 29.0 Å². The van der Waals surface area contributed by atoms with E-state index in [2.05, 4.69) is 0 Å². The molecule has 156 valence electrons. The Morgan fingerprint density at radius 3 is 2.48 bits per heavy atom. The first kappa shape index (κ1) is 21.6. The molecule has 6 nitrogen and oxygen atoms in total. The molecule has 3 rings (SSSR count). The number of aromatic carboxylic acids is 1. The summed E-state index contributed by atoms with van der Waals surface area (Å²) in [5, 5.41) is 19.2. The van der Waals surface area contributed by atoms with Gasteiger partial charge in [-0.3, -0.25) is 4.79 Å². The first-order chi connectivity index (χ1) is 13.8. The fourth-order valence-corrected chi connectivity index (χ4v) is 4.22. The van der Waals surface area contributed by atoms with E-state index in [-0.39, 0.29) is 41.3 Å². The summed E-state index contributed by atoms with van der Waals surface area (Å²) in [5.74, 6) is -1.16. The van der Waals surface area contributed by atoms with E-state index in [1.807, 2.05) is 26.0 Å². The van der Waals surface area contributed by atoms with Gasteiger partial charge in [-0.2, -0.15) is 0 Å². The Bertz CT molecular complexity index is 856. The molecular formula is C22H25ClO6. The fourth-order valence-electron chi connectivity index (χ4n) is 3.81. The number of alkyl halides is 1. The average Bonchev–Trinajstić information content (AvgIpc) is 3.26. The fraction of sp³-hybridized carbons (Fsp3) is 0.455. The summed E-state index contributed by atoms with van der Waals surface area (Å²) in [4.78, 5) is 23.0. The van der Waals surface area contributed by atoms with Crippen molar-refractivity contribution in [1.82, 2.24) is 0 Å². The predicted molar refractivity (Wildman–Crippen MR) is 107 cm³/mol. The van der Waals surface area contributed by atoms with Crippen molar-refractivity contribution in [2.24, 2.45) is 11.8 Å². The standard InChI is InChI=1S/C22H25ClO6/c1-12(2)21(25)14-5-3-13(4-6-14)20-16(17(23)9-18(20)24)11-28-10-15-7-8-19(29-15)22(26)27/h3-8,12,16-18,20,24H,9-11H2,1-2H3,(H,26,27)/t16?,17-,18-,20?/m1/s1. The molecule has 0 bridgehead atoms. The third-order valence-corrected chi connectivity index (χ3v) is 5.84. The second kappa shape index (κ2) is 9.11. The summed E-state index contributed by atoms with van der Waals surface area (Å²) in [6, 6.07) is 10.3. The second-order valence-electron chi connectivity index (χ2n) is 7.74. The first-order valence-electron chi connectivity index (χ1n) is 9.64.